The number of benzene rings is 2. The molecule has 6 nitrogen and oxygen atoms in total. The van der Waals surface area contributed by atoms with Crippen LogP contribution in [0.3, 0.4) is 0 Å². The van der Waals surface area contributed by atoms with E-state index in [0.717, 1.165) is 0 Å². The van der Waals surface area contributed by atoms with Gasteiger partial charge in [-0.1, -0.05) is 6.07 Å². The number of amides is 1. The van der Waals surface area contributed by atoms with E-state index in [1.165, 1.54) is 25.5 Å². The number of esters is 1. The van der Waals surface area contributed by atoms with Crippen LogP contribution in [0.4, 0.5) is 10.5 Å². The molecule has 0 saturated heterocycles. The van der Waals surface area contributed by atoms with Crippen LogP contribution in [-0.4, -0.2) is 35.9 Å². The predicted molar refractivity (Wildman–Crippen MR) is 93.5 cm³/mol. The standard InChI is InChI=1S/C17H19NO5S/c1-22-14-9-7-13(8-10-14)18-17(20)24(3,21)15-6-4-5-12(11-15)16(19)23-2/h4-11,24H,1-3H3,(H,18,20). The fraction of sp³-hybridized carbons (Fsp3) is 0.176. The second-order valence-corrected chi connectivity index (χ2v) is 7.90. The molecule has 0 aliphatic heterocycles. The highest BCUT2D eigenvalue weighted by atomic mass is 32.2. The quantitative estimate of drug-likeness (QED) is 0.655. The average Bonchev–Trinajstić information content (AvgIpc) is 2.61. The molecular weight excluding hydrogens is 330 g/mol. The largest absolute Gasteiger partial charge is 0.497 e. The van der Waals surface area contributed by atoms with E-state index in [9.17, 15) is 13.8 Å². The zero-order valence-corrected chi connectivity index (χ0v) is 14.5. The molecule has 128 valence electrons. The monoisotopic (exact) mass is 349 g/mol. The zero-order valence-electron chi connectivity index (χ0n) is 13.6. The van der Waals surface area contributed by atoms with E-state index in [1.807, 2.05) is 0 Å². The third-order valence-electron chi connectivity index (χ3n) is 3.49. The van der Waals surface area contributed by atoms with Crippen molar-refractivity contribution in [1.82, 2.24) is 0 Å². The maximum Gasteiger partial charge on any atom is 0.337 e. The third-order valence-corrected chi connectivity index (χ3v) is 5.64. The lowest BCUT2D eigenvalue weighted by atomic mass is 10.2. The summed E-state index contributed by atoms with van der Waals surface area (Å²) in [6.07, 6.45) is 1.36. The molecule has 2 aromatic carbocycles. The summed E-state index contributed by atoms with van der Waals surface area (Å²) in [4.78, 5) is 24.3. The van der Waals surface area contributed by atoms with Gasteiger partial charge < -0.3 is 14.8 Å². The van der Waals surface area contributed by atoms with Gasteiger partial charge >= 0.3 is 5.97 Å². The van der Waals surface area contributed by atoms with Crippen LogP contribution in [0.2, 0.25) is 0 Å². The number of rotatable bonds is 4. The number of hydrogen-bond donors (Lipinski definition) is 2. The van der Waals surface area contributed by atoms with Crippen LogP contribution in [0.15, 0.2) is 53.4 Å². The number of ether oxygens (including phenoxy) is 2. The van der Waals surface area contributed by atoms with Gasteiger partial charge in [0.25, 0.3) is 5.24 Å². The Morgan fingerprint density at radius 2 is 1.71 bits per heavy atom. The third kappa shape index (κ3) is 3.80. The molecule has 2 aromatic rings. The second kappa shape index (κ2) is 7.27. The number of methoxy groups -OCH3 is 2. The van der Waals surface area contributed by atoms with Crippen molar-refractivity contribution >= 4 is 26.8 Å². The lowest BCUT2D eigenvalue weighted by Crippen LogP contribution is -2.27. The van der Waals surface area contributed by atoms with Crippen LogP contribution in [0, 0.1) is 0 Å². The Hall–Kier alpha value is -2.67. The van der Waals surface area contributed by atoms with E-state index >= 15 is 0 Å². The maximum absolute atomic E-state index is 12.9. The molecule has 1 N–H and O–H groups in total. The molecule has 0 fully saturated rings. The molecule has 0 atom stereocenters. The second-order valence-electron chi connectivity index (χ2n) is 5.12. The minimum atomic E-state index is -3.39. The summed E-state index contributed by atoms with van der Waals surface area (Å²) in [5.41, 5.74) is 0.751. The maximum atomic E-state index is 12.9. The fourth-order valence-electron chi connectivity index (χ4n) is 2.04. The van der Waals surface area contributed by atoms with Crippen molar-refractivity contribution in [1.29, 1.82) is 0 Å². The minimum absolute atomic E-state index is 0.245. The van der Waals surface area contributed by atoms with Crippen molar-refractivity contribution in [3.8, 4) is 5.75 Å². The molecule has 0 aliphatic carbocycles. The highest BCUT2D eigenvalue weighted by Gasteiger charge is 2.23. The summed E-state index contributed by atoms with van der Waals surface area (Å²) >= 11 is 0. The molecule has 0 spiro atoms. The molecule has 0 aliphatic rings. The number of carbonyl (C=O) groups excluding carboxylic acids is 2. The number of anilines is 1. The van der Waals surface area contributed by atoms with Gasteiger partial charge in [0.1, 0.15) is 5.75 Å². The fourth-order valence-corrected chi connectivity index (χ4v) is 3.37. The molecular formula is C17H19NO5S. The summed E-state index contributed by atoms with van der Waals surface area (Å²) in [5, 5.41) is 2.00. The zero-order chi connectivity index (χ0) is 17.7. The van der Waals surface area contributed by atoms with Crippen LogP contribution in [0.5, 0.6) is 5.75 Å². The van der Waals surface area contributed by atoms with Gasteiger partial charge in [-0.25, -0.2) is 4.79 Å². The van der Waals surface area contributed by atoms with Crippen LogP contribution in [0.1, 0.15) is 10.4 Å². The first-order valence-electron chi connectivity index (χ1n) is 7.10. The number of carbonyl (C=O) groups is 2. The summed E-state index contributed by atoms with van der Waals surface area (Å²) < 4.78 is 22.6. The summed E-state index contributed by atoms with van der Waals surface area (Å²) in [6, 6.07) is 12.8. The van der Waals surface area contributed by atoms with Crippen molar-refractivity contribution in [2.75, 3.05) is 25.8 Å². The van der Waals surface area contributed by atoms with E-state index in [2.05, 4.69) is 10.1 Å². The number of thiol groups is 1. The lowest BCUT2D eigenvalue weighted by Gasteiger charge is -2.19. The van der Waals surface area contributed by atoms with Gasteiger partial charge in [0.15, 0.2) is 0 Å². The Labute approximate surface area is 141 Å². The normalized spacial score (nSPS) is 11.5. The van der Waals surface area contributed by atoms with Crippen LogP contribution >= 0.6 is 0 Å². The lowest BCUT2D eigenvalue weighted by molar-refractivity contribution is 0.0600. The van der Waals surface area contributed by atoms with E-state index in [1.54, 1.807) is 43.5 Å². The van der Waals surface area contributed by atoms with Crippen LogP contribution in [-0.2, 0) is 14.7 Å². The average molecular weight is 349 g/mol. The first-order chi connectivity index (χ1) is 11.4. The van der Waals surface area contributed by atoms with Crippen LogP contribution < -0.4 is 10.1 Å². The van der Waals surface area contributed by atoms with Gasteiger partial charge in [0.2, 0.25) is 0 Å². The van der Waals surface area contributed by atoms with Crippen molar-refractivity contribution in [2.45, 2.75) is 4.90 Å². The highest BCUT2D eigenvalue weighted by molar-refractivity contribution is 8.16. The summed E-state index contributed by atoms with van der Waals surface area (Å²) in [6.45, 7) is 0. The van der Waals surface area contributed by atoms with Crippen molar-refractivity contribution in [2.24, 2.45) is 0 Å². The van der Waals surface area contributed by atoms with Gasteiger partial charge in [-0.15, -0.1) is 0 Å². The Morgan fingerprint density at radius 1 is 1.04 bits per heavy atom. The Bertz CT molecular complexity index is 801. The van der Waals surface area contributed by atoms with Gasteiger partial charge in [0.05, 0.1) is 19.8 Å². The van der Waals surface area contributed by atoms with Gasteiger partial charge in [-0.05, 0) is 52.4 Å². The molecule has 0 radical (unpaired) electrons. The Balaban J connectivity index is 2.23. The molecule has 24 heavy (non-hydrogen) atoms. The molecule has 1 amide bonds. The van der Waals surface area contributed by atoms with Crippen molar-refractivity contribution in [3.05, 3.63) is 54.1 Å². The van der Waals surface area contributed by atoms with E-state index in [4.69, 9.17) is 4.74 Å². The summed E-state index contributed by atoms with van der Waals surface area (Å²) in [7, 11) is -0.582. The van der Waals surface area contributed by atoms with Crippen molar-refractivity contribution in [3.63, 3.8) is 0 Å². The SMILES string of the molecule is COC(=O)c1cccc([SH](C)(=O)C(=O)Nc2ccc(OC)cc2)c1. The van der Waals surface area contributed by atoms with Gasteiger partial charge in [0, 0.05) is 16.8 Å². The molecule has 0 bridgehead atoms. The van der Waals surface area contributed by atoms with Crippen molar-refractivity contribution < 1.29 is 23.3 Å². The van der Waals surface area contributed by atoms with Gasteiger partial charge in [-0.3, -0.25) is 9.00 Å². The van der Waals surface area contributed by atoms with E-state index < -0.39 is 21.1 Å². The Morgan fingerprint density at radius 3 is 2.29 bits per heavy atom. The smallest absolute Gasteiger partial charge is 0.337 e. The molecule has 0 unspecified atom stereocenters. The first-order valence-corrected chi connectivity index (χ1v) is 9.26. The Kier molecular flexibility index (Phi) is 5.35. The molecule has 0 heterocycles. The highest BCUT2D eigenvalue weighted by Crippen LogP contribution is 2.22. The predicted octanol–water partition coefficient (Wildman–Crippen LogP) is 2.72. The van der Waals surface area contributed by atoms with Gasteiger partial charge in [-0.2, -0.15) is 0 Å². The number of hydrogen-bond acceptors (Lipinski definition) is 5. The topological polar surface area (TPSA) is 81.7 Å². The molecule has 2 rings (SSSR count). The molecule has 7 heteroatoms. The summed E-state index contributed by atoms with van der Waals surface area (Å²) in [5.74, 6) is 0.103. The van der Waals surface area contributed by atoms with Crippen LogP contribution in [0.25, 0.3) is 0 Å². The number of nitrogens with one attached hydrogen (secondary N) is 1. The van der Waals surface area contributed by atoms with E-state index in [0.29, 0.717) is 11.4 Å². The van der Waals surface area contributed by atoms with E-state index in [-0.39, 0.29) is 10.5 Å². The molecule has 0 saturated carbocycles. The first kappa shape index (κ1) is 17.7. The molecule has 0 aromatic heterocycles. The minimum Gasteiger partial charge on any atom is -0.497 e.